The van der Waals surface area contributed by atoms with Crippen molar-refractivity contribution in [3.05, 3.63) is 35.1 Å². The van der Waals surface area contributed by atoms with Crippen LogP contribution in [-0.2, 0) is 0 Å². The van der Waals surface area contributed by atoms with Gasteiger partial charge in [0.2, 0.25) is 0 Å². The second-order valence-corrected chi connectivity index (χ2v) is 5.49. The van der Waals surface area contributed by atoms with E-state index >= 15 is 0 Å². The Morgan fingerprint density at radius 2 is 2.17 bits per heavy atom. The highest BCUT2D eigenvalue weighted by Crippen LogP contribution is 2.15. The Morgan fingerprint density at radius 1 is 1.50 bits per heavy atom. The lowest BCUT2D eigenvalue weighted by atomic mass is 10.1. The minimum atomic E-state index is -0.304. The number of hydrogen-bond donors (Lipinski definition) is 0. The Labute approximate surface area is 113 Å². The van der Waals surface area contributed by atoms with Gasteiger partial charge in [-0.2, -0.15) is 11.8 Å². The zero-order valence-electron chi connectivity index (χ0n) is 11.4. The first-order valence-corrected chi connectivity index (χ1v) is 7.39. The molecule has 0 aliphatic carbocycles. The van der Waals surface area contributed by atoms with Crippen LogP contribution in [0.25, 0.3) is 0 Å². The van der Waals surface area contributed by atoms with Gasteiger partial charge in [-0.05, 0) is 56.0 Å². The molecule has 0 aromatic heterocycles. The predicted molar refractivity (Wildman–Crippen MR) is 75.7 cm³/mol. The molecule has 2 nitrogen and oxygen atoms in total. The first kappa shape index (κ1) is 15.0. The smallest absolute Gasteiger partial charge is 0.254 e. The summed E-state index contributed by atoms with van der Waals surface area (Å²) in [6, 6.07) is 4.48. The number of rotatable bonds is 5. The van der Waals surface area contributed by atoms with Gasteiger partial charge >= 0.3 is 0 Å². The maximum absolute atomic E-state index is 13.0. The molecule has 0 heterocycles. The molecule has 0 aliphatic rings. The van der Waals surface area contributed by atoms with Gasteiger partial charge in [0.1, 0.15) is 5.82 Å². The van der Waals surface area contributed by atoms with Crippen molar-refractivity contribution in [2.24, 2.45) is 0 Å². The Kier molecular flexibility index (Phi) is 5.66. The highest BCUT2D eigenvalue weighted by Gasteiger charge is 2.18. The first-order valence-electron chi connectivity index (χ1n) is 5.99. The topological polar surface area (TPSA) is 20.3 Å². The van der Waals surface area contributed by atoms with Gasteiger partial charge in [0.25, 0.3) is 5.91 Å². The van der Waals surface area contributed by atoms with Gasteiger partial charge in [-0.3, -0.25) is 4.79 Å². The Bertz CT molecular complexity index is 422. The number of thioether (sulfide) groups is 1. The lowest BCUT2D eigenvalue weighted by molar-refractivity contribution is 0.0740. The van der Waals surface area contributed by atoms with E-state index < -0.39 is 0 Å². The molecular weight excluding hydrogens is 249 g/mol. The molecule has 1 atom stereocenters. The third-order valence-corrected chi connectivity index (χ3v) is 3.78. The molecule has 100 valence electrons. The van der Waals surface area contributed by atoms with Crippen molar-refractivity contribution in [2.45, 2.75) is 26.3 Å². The largest absolute Gasteiger partial charge is 0.339 e. The fourth-order valence-electron chi connectivity index (χ4n) is 1.74. The van der Waals surface area contributed by atoms with Crippen LogP contribution in [0.3, 0.4) is 0 Å². The van der Waals surface area contributed by atoms with E-state index in [-0.39, 0.29) is 17.8 Å². The standard InChI is InChI=1S/C14H20FNOS/c1-10-9-12(15)5-6-13(10)14(17)16(3)11(2)7-8-18-4/h5-6,9,11H,7-8H2,1-4H3. The fourth-order valence-corrected chi connectivity index (χ4v) is 2.32. The summed E-state index contributed by atoms with van der Waals surface area (Å²) in [6.45, 7) is 3.80. The molecule has 1 unspecified atom stereocenters. The third-order valence-electron chi connectivity index (χ3n) is 3.14. The number of carbonyl (C=O) groups is 1. The maximum Gasteiger partial charge on any atom is 0.254 e. The molecule has 0 saturated carbocycles. The number of benzene rings is 1. The van der Waals surface area contributed by atoms with Gasteiger partial charge < -0.3 is 4.90 Å². The van der Waals surface area contributed by atoms with E-state index in [0.29, 0.717) is 11.1 Å². The van der Waals surface area contributed by atoms with Gasteiger partial charge in [0, 0.05) is 18.7 Å². The molecule has 1 amide bonds. The summed E-state index contributed by atoms with van der Waals surface area (Å²) in [5.41, 5.74) is 1.26. The SMILES string of the molecule is CSCCC(C)N(C)C(=O)c1ccc(F)cc1C. The highest BCUT2D eigenvalue weighted by molar-refractivity contribution is 7.98. The molecule has 0 saturated heterocycles. The molecule has 4 heteroatoms. The van der Waals surface area contributed by atoms with E-state index in [1.165, 1.54) is 12.1 Å². The summed E-state index contributed by atoms with van der Waals surface area (Å²) < 4.78 is 13.0. The number of hydrogen-bond acceptors (Lipinski definition) is 2. The van der Waals surface area contributed by atoms with Gasteiger partial charge in [0.05, 0.1) is 0 Å². The maximum atomic E-state index is 13.0. The lowest BCUT2D eigenvalue weighted by Crippen LogP contribution is -2.35. The van der Waals surface area contributed by atoms with Crippen molar-refractivity contribution >= 4 is 17.7 Å². The average molecular weight is 269 g/mol. The summed E-state index contributed by atoms with van der Waals surface area (Å²) in [5, 5.41) is 0. The first-order chi connectivity index (χ1) is 8.47. The zero-order valence-corrected chi connectivity index (χ0v) is 12.2. The molecule has 1 aromatic rings. The highest BCUT2D eigenvalue weighted by atomic mass is 32.2. The van der Waals surface area contributed by atoms with E-state index in [0.717, 1.165) is 12.2 Å². The zero-order chi connectivity index (χ0) is 13.7. The monoisotopic (exact) mass is 269 g/mol. The molecule has 0 aliphatic heterocycles. The molecule has 0 fully saturated rings. The fraction of sp³-hybridized carbons (Fsp3) is 0.500. The Hall–Kier alpha value is -1.03. The summed E-state index contributed by atoms with van der Waals surface area (Å²) >= 11 is 1.77. The second-order valence-electron chi connectivity index (χ2n) is 4.51. The van der Waals surface area contributed by atoms with Crippen LogP contribution in [0.4, 0.5) is 4.39 Å². The molecule has 18 heavy (non-hydrogen) atoms. The minimum absolute atomic E-state index is 0.0406. The van der Waals surface area contributed by atoms with E-state index in [9.17, 15) is 9.18 Å². The number of halogens is 1. The average Bonchev–Trinajstić information content (AvgIpc) is 2.34. The molecule has 0 N–H and O–H groups in total. The van der Waals surface area contributed by atoms with Crippen LogP contribution in [0.2, 0.25) is 0 Å². The van der Waals surface area contributed by atoms with E-state index in [2.05, 4.69) is 6.26 Å². The van der Waals surface area contributed by atoms with Crippen LogP contribution in [0.1, 0.15) is 29.3 Å². The number of aryl methyl sites for hydroxylation is 1. The van der Waals surface area contributed by atoms with Crippen molar-refractivity contribution in [3.8, 4) is 0 Å². The summed E-state index contributed by atoms with van der Waals surface area (Å²) in [7, 11) is 1.80. The van der Waals surface area contributed by atoms with Crippen molar-refractivity contribution in [1.29, 1.82) is 0 Å². The lowest BCUT2D eigenvalue weighted by Gasteiger charge is -2.25. The van der Waals surface area contributed by atoms with Crippen LogP contribution in [0.5, 0.6) is 0 Å². The van der Waals surface area contributed by atoms with Crippen molar-refractivity contribution < 1.29 is 9.18 Å². The van der Waals surface area contributed by atoms with Crippen LogP contribution in [0.15, 0.2) is 18.2 Å². The molecular formula is C14H20FNOS. The van der Waals surface area contributed by atoms with Crippen LogP contribution >= 0.6 is 11.8 Å². The molecule has 1 rings (SSSR count). The molecule has 0 bridgehead atoms. The molecule has 0 spiro atoms. The van der Waals surface area contributed by atoms with Crippen molar-refractivity contribution in [1.82, 2.24) is 4.90 Å². The number of nitrogens with zero attached hydrogens (tertiary/aromatic N) is 1. The second kappa shape index (κ2) is 6.78. The third kappa shape index (κ3) is 3.73. The molecule has 1 aromatic carbocycles. The predicted octanol–water partition coefficient (Wildman–Crippen LogP) is 3.35. The van der Waals surface area contributed by atoms with Crippen LogP contribution in [0, 0.1) is 12.7 Å². The van der Waals surface area contributed by atoms with Gasteiger partial charge in [-0.15, -0.1) is 0 Å². The van der Waals surface area contributed by atoms with Gasteiger partial charge in [-0.1, -0.05) is 0 Å². The summed E-state index contributed by atoms with van der Waals surface area (Å²) in [5.74, 6) is 0.685. The Morgan fingerprint density at radius 3 is 2.72 bits per heavy atom. The molecule has 0 radical (unpaired) electrons. The Balaban J connectivity index is 2.79. The van der Waals surface area contributed by atoms with Crippen molar-refractivity contribution in [3.63, 3.8) is 0 Å². The van der Waals surface area contributed by atoms with E-state index in [1.807, 2.05) is 6.92 Å². The normalized spacial score (nSPS) is 12.3. The van der Waals surface area contributed by atoms with E-state index in [1.54, 1.807) is 36.7 Å². The number of carbonyl (C=O) groups excluding carboxylic acids is 1. The van der Waals surface area contributed by atoms with E-state index in [4.69, 9.17) is 0 Å². The van der Waals surface area contributed by atoms with Crippen LogP contribution < -0.4 is 0 Å². The summed E-state index contributed by atoms with van der Waals surface area (Å²) in [6.07, 6.45) is 3.02. The number of amides is 1. The quantitative estimate of drug-likeness (QED) is 0.817. The van der Waals surface area contributed by atoms with Gasteiger partial charge in [-0.25, -0.2) is 4.39 Å². The van der Waals surface area contributed by atoms with Crippen LogP contribution in [-0.4, -0.2) is 35.9 Å². The minimum Gasteiger partial charge on any atom is -0.339 e. The van der Waals surface area contributed by atoms with Gasteiger partial charge in [0.15, 0.2) is 0 Å². The summed E-state index contributed by atoms with van der Waals surface area (Å²) in [4.78, 5) is 14.0. The van der Waals surface area contributed by atoms with Crippen molar-refractivity contribution in [2.75, 3.05) is 19.1 Å².